The van der Waals surface area contributed by atoms with E-state index in [-0.39, 0.29) is 30.5 Å². The van der Waals surface area contributed by atoms with Crippen molar-refractivity contribution in [2.45, 2.75) is 45.8 Å². The number of hydrogen-bond acceptors (Lipinski definition) is 5. The second-order valence-corrected chi connectivity index (χ2v) is 10.4. The monoisotopic (exact) mass is 379 g/mol. The van der Waals surface area contributed by atoms with Crippen LogP contribution in [0.4, 0.5) is 0 Å². The molecular formula is C18H26BNO5S. The molecule has 0 bridgehead atoms. The fraction of sp³-hybridized carbons (Fsp3) is 0.611. The van der Waals surface area contributed by atoms with Crippen LogP contribution in [0.3, 0.4) is 0 Å². The summed E-state index contributed by atoms with van der Waals surface area (Å²) in [4.78, 5) is 14.3. The maximum absolute atomic E-state index is 12.7. The molecular weight excluding hydrogens is 353 g/mol. The van der Waals surface area contributed by atoms with Crippen LogP contribution < -0.4 is 5.46 Å². The molecule has 0 saturated carbocycles. The molecule has 26 heavy (non-hydrogen) atoms. The minimum atomic E-state index is -3.01. The van der Waals surface area contributed by atoms with E-state index in [1.165, 1.54) is 0 Å². The second kappa shape index (κ2) is 6.35. The van der Waals surface area contributed by atoms with Crippen LogP contribution in [0.15, 0.2) is 18.2 Å². The number of carbonyl (C=O) groups is 1. The minimum Gasteiger partial charge on any atom is -0.399 e. The lowest BCUT2D eigenvalue weighted by Gasteiger charge is -2.32. The molecule has 0 N–H and O–H groups in total. The molecule has 8 heteroatoms. The van der Waals surface area contributed by atoms with Gasteiger partial charge >= 0.3 is 7.12 Å². The highest BCUT2D eigenvalue weighted by molar-refractivity contribution is 7.91. The smallest absolute Gasteiger partial charge is 0.399 e. The number of sulfone groups is 1. The van der Waals surface area contributed by atoms with Gasteiger partial charge in [-0.3, -0.25) is 4.79 Å². The molecule has 0 spiro atoms. The van der Waals surface area contributed by atoms with Crippen molar-refractivity contribution in [2.75, 3.05) is 24.6 Å². The Balaban J connectivity index is 1.77. The molecule has 1 aromatic carbocycles. The van der Waals surface area contributed by atoms with Crippen molar-refractivity contribution >= 4 is 28.3 Å². The van der Waals surface area contributed by atoms with Crippen LogP contribution in [-0.2, 0) is 19.1 Å². The summed E-state index contributed by atoms with van der Waals surface area (Å²) >= 11 is 0. The Kier molecular flexibility index (Phi) is 4.74. The van der Waals surface area contributed by atoms with Crippen molar-refractivity contribution in [3.05, 3.63) is 29.3 Å². The van der Waals surface area contributed by atoms with E-state index in [0.29, 0.717) is 5.56 Å². The lowest BCUT2D eigenvalue weighted by atomic mass is 9.78. The van der Waals surface area contributed by atoms with Crippen LogP contribution in [0.25, 0.3) is 0 Å². The van der Waals surface area contributed by atoms with E-state index in [2.05, 4.69) is 0 Å². The third kappa shape index (κ3) is 3.55. The van der Waals surface area contributed by atoms with Gasteiger partial charge in [0.2, 0.25) is 0 Å². The van der Waals surface area contributed by atoms with Gasteiger partial charge in [-0.05, 0) is 51.7 Å². The van der Waals surface area contributed by atoms with E-state index >= 15 is 0 Å². The van der Waals surface area contributed by atoms with E-state index in [9.17, 15) is 13.2 Å². The third-order valence-electron chi connectivity index (χ3n) is 5.64. The molecule has 142 valence electrons. The molecule has 2 aliphatic rings. The highest BCUT2D eigenvalue weighted by Gasteiger charge is 2.51. The molecule has 0 radical (unpaired) electrons. The van der Waals surface area contributed by atoms with E-state index in [1.807, 2.05) is 46.8 Å². The molecule has 0 atom stereocenters. The Hall–Kier alpha value is -1.38. The predicted molar refractivity (Wildman–Crippen MR) is 101 cm³/mol. The lowest BCUT2D eigenvalue weighted by Crippen LogP contribution is -2.44. The second-order valence-electron chi connectivity index (χ2n) is 8.11. The van der Waals surface area contributed by atoms with Crippen LogP contribution in [0, 0.1) is 6.92 Å². The predicted octanol–water partition coefficient (Wildman–Crippen LogP) is 1.16. The zero-order valence-corrected chi connectivity index (χ0v) is 16.9. The zero-order chi connectivity index (χ0) is 19.3. The number of hydrogen-bond donors (Lipinski definition) is 0. The molecule has 2 heterocycles. The van der Waals surface area contributed by atoms with E-state index in [0.717, 1.165) is 11.0 Å². The average Bonchev–Trinajstić information content (AvgIpc) is 2.75. The van der Waals surface area contributed by atoms with Gasteiger partial charge < -0.3 is 14.2 Å². The van der Waals surface area contributed by atoms with Crippen LogP contribution in [-0.4, -0.2) is 62.1 Å². The van der Waals surface area contributed by atoms with Gasteiger partial charge in [0.1, 0.15) is 0 Å². The number of carbonyl (C=O) groups excluding carboxylic acids is 1. The minimum absolute atomic E-state index is 0.0315. The van der Waals surface area contributed by atoms with Gasteiger partial charge in [0.15, 0.2) is 9.84 Å². The molecule has 0 aliphatic carbocycles. The van der Waals surface area contributed by atoms with Crippen molar-refractivity contribution in [1.29, 1.82) is 0 Å². The van der Waals surface area contributed by atoms with Gasteiger partial charge in [-0.15, -0.1) is 0 Å². The van der Waals surface area contributed by atoms with Gasteiger partial charge in [-0.1, -0.05) is 12.1 Å². The van der Waals surface area contributed by atoms with Gasteiger partial charge in [0, 0.05) is 18.7 Å². The van der Waals surface area contributed by atoms with E-state index in [1.54, 1.807) is 11.0 Å². The van der Waals surface area contributed by atoms with Gasteiger partial charge in [-0.2, -0.15) is 0 Å². The van der Waals surface area contributed by atoms with Crippen molar-refractivity contribution in [3.63, 3.8) is 0 Å². The molecule has 0 aromatic heterocycles. The Bertz CT molecular complexity index is 804. The maximum atomic E-state index is 12.7. The van der Waals surface area contributed by atoms with Gasteiger partial charge in [0.05, 0.1) is 22.7 Å². The summed E-state index contributed by atoms with van der Waals surface area (Å²) in [6.07, 6.45) is 0. The zero-order valence-electron chi connectivity index (χ0n) is 16.0. The van der Waals surface area contributed by atoms with Crippen LogP contribution in [0.2, 0.25) is 0 Å². The molecule has 2 aliphatic heterocycles. The highest BCUT2D eigenvalue weighted by Crippen LogP contribution is 2.36. The summed E-state index contributed by atoms with van der Waals surface area (Å²) in [7, 11) is -3.48. The fourth-order valence-electron chi connectivity index (χ4n) is 3.14. The molecule has 6 nitrogen and oxygen atoms in total. The van der Waals surface area contributed by atoms with Crippen LogP contribution in [0.1, 0.15) is 43.6 Å². The molecule has 0 unspecified atom stereocenters. The molecule has 1 amide bonds. The Morgan fingerprint density at radius 1 is 1.08 bits per heavy atom. The van der Waals surface area contributed by atoms with Crippen molar-refractivity contribution in [1.82, 2.24) is 4.90 Å². The Morgan fingerprint density at radius 3 is 2.12 bits per heavy atom. The molecule has 2 saturated heterocycles. The summed E-state index contributed by atoms with van der Waals surface area (Å²) in [5.41, 5.74) is 1.46. The quantitative estimate of drug-likeness (QED) is 0.722. The van der Waals surface area contributed by atoms with E-state index in [4.69, 9.17) is 9.31 Å². The summed E-state index contributed by atoms with van der Waals surface area (Å²) in [6, 6.07) is 5.54. The SMILES string of the molecule is Cc1cc(B2OC(C)(C)C(C)(C)O2)ccc1C(=O)N1CCS(=O)(=O)CC1. The standard InChI is InChI=1S/C18H26BNO5S/c1-13-12-14(19-24-17(2,3)18(4,5)25-19)6-7-15(13)16(21)20-8-10-26(22,23)11-9-20/h6-7,12H,8-11H2,1-5H3. The largest absolute Gasteiger partial charge is 0.494 e. The van der Waals surface area contributed by atoms with Gasteiger partial charge in [-0.25, -0.2) is 8.42 Å². The highest BCUT2D eigenvalue weighted by atomic mass is 32.2. The fourth-order valence-corrected chi connectivity index (χ4v) is 4.34. The number of benzene rings is 1. The summed E-state index contributed by atoms with van der Waals surface area (Å²) < 4.78 is 35.2. The average molecular weight is 379 g/mol. The van der Waals surface area contributed by atoms with Crippen molar-refractivity contribution in [3.8, 4) is 0 Å². The number of nitrogens with zero attached hydrogens (tertiary/aromatic N) is 1. The third-order valence-corrected chi connectivity index (χ3v) is 7.25. The lowest BCUT2D eigenvalue weighted by molar-refractivity contribution is 0.00578. The summed E-state index contributed by atoms with van der Waals surface area (Å²) in [5, 5.41) is 0. The topological polar surface area (TPSA) is 72.9 Å². The molecule has 2 fully saturated rings. The van der Waals surface area contributed by atoms with Gasteiger partial charge in [0.25, 0.3) is 5.91 Å². The maximum Gasteiger partial charge on any atom is 0.494 e. The first kappa shape index (κ1) is 19.4. The van der Waals surface area contributed by atoms with Crippen LogP contribution >= 0.6 is 0 Å². The van der Waals surface area contributed by atoms with Crippen LogP contribution in [0.5, 0.6) is 0 Å². The molecule has 1 aromatic rings. The first-order chi connectivity index (χ1) is 11.9. The summed E-state index contributed by atoms with van der Waals surface area (Å²) in [5.74, 6) is -0.0639. The number of rotatable bonds is 2. The molecule has 3 rings (SSSR count). The number of aryl methyl sites for hydroxylation is 1. The van der Waals surface area contributed by atoms with Crippen molar-refractivity contribution in [2.24, 2.45) is 0 Å². The number of amides is 1. The normalized spacial score (nSPS) is 23.9. The van der Waals surface area contributed by atoms with E-state index < -0.39 is 28.2 Å². The van der Waals surface area contributed by atoms with Crippen molar-refractivity contribution < 1.29 is 22.5 Å². The Labute approximate surface area is 155 Å². The summed E-state index contributed by atoms with van der Waals surface area (Å²) in [6.45, 7) is 10.4. The first-order valence-electron chi connectivity index (χ1n) is 8.88. The Morgan fingerprint density at radius 2 is 1.62 bits per heavy atom. The first-order valence-corrected chi connectivity index (χ1v) is 10.7.